The fourth-order valence-electron chi connectivity index (χ4n) is 10.1. The summed E-state index contributed by atoms with van der Waals surface area (Å²) in [6.07, 6.45) is 105. The van der Waals surface area contributed by atoms with E-state index in [2.05, 4.69) is 160 Å². The van der Waals surface area contributed by atoms with Crippen LogP contribution in [0.3, 0.4) is 0 Å². The van der Waals surface area contributed by atoms with Gasteiger partial charge in [0, 0.05) is 12.8 Å². The van der Waals surface area contributed by atoms with Gasteiger partial charge in [0.1, 0.15) is 19.8 Å². The Kier molecular flexibility index (Phi) is 68.0. The van der Waals surface area contributed by atoms with Crippen LogP contribution < -0.4 is 4.89 Å². The summed E-state index contributed by atoms with van der Waals surface area (Å²) in [5, 5.41) is 0. The lowest BCUT2D eigenvalue weighted by Gasteiger charge is -2.28. The van der Waals surface area contributed by atoms with Gasteiger partial charge in [-0.05, 0) is 122 Å². The molecule has 0 N–H and O–H groups in total. The lowest BCUT2D eigenvalue weighted by molar-refractivity contribution is -0.870. The number of nitrogens with zero attached hydrogens (tertiary/aromatic N) is 1. The number of allylic oxidation sites excluding steroid dienone is 24. The third-order valence-electron chi connectivity index (χ3n) is 15.8. The highest BCUT2D eigenvalue weighted by molar-refractivity contribution is 7.45. The molecule has 0 radical (unpaired) electrons. The number of ether oxygens (including phenoxy) is 2. The van der Waals surface area contributed by atoms with Gasteiger partial charge in [0.25, 0.3) is 7.82 Å². The van der Waals surface area contributed by atoms with Crippen molar-refractivity contribution < 1.29 is 42.1 Å². The number of likely N-dealkylation sites (N-methyl/N-ethyl adjacent to an activating group) is 1. The highest BCUT2D eigenvalue weighted by Crippen LogP contribution is 2.38. The summed E-state index contributed by atoms with van der Waals surface area (Å²) in [6.45, 7) is 4.13. The molecule has 0 rings (SSSR count). The van der Waals surface area contributed by atoms with E-state index in [1.807, 2.05) is 21.1 Å². The monoisotopic (exact) mass is 1300 g/mol. The smallest absolute Gasteiger partial charge is 0.306 e. The van der Waals surface area contributed by atoms with E-state index in [1.54, 1.807) is 0 Å². The minimum atomic E-state index is -4.65. The first-order valence-corrected chi connectivity index (χ1v) is 39.0. The van der Waals surface area contributed by atoms with E-state index in [0.29, 0.717) is 17.4 Å². The average Bonchev–Trinajstić information content (AvgIpc) is 2.23. The van der Waals surface area contributed by atoms with E-state index >= 15 is 0 Å². The number of hydrogen-bond acceptors (Lipinski definition) is 8. The van der Waals surface area contributed by atoms with Crippen molar-refractivity contribution in [2.24, 2.45) is 0 Å². The van der Waals surface area contributed by atoms with Crippen LogP contribution in [0.1, 0.15) is 309 Å². The Labute approximate surface area is 567 Å². The summed E-state index contributed by atoms with van der Waals surface area (Å²) in [6, 6.07) is 0. The second kappa shape index (κ2) is 71.2. The topological polar surface area (TPSA) is 111 Å². The standard InChI is InChI=1S/C82H140NO8P/c1-6-8-10-12-14-16-18-20-22-24-26-28-30-32-34-35-36-37-38-39-40-41-42-43-44-45-46-47-49-51-53-55-57-59-61-63-65-67-69-71-73-75-82(85)91-80(79-90-92(86,87)89-77-76-83(3,4)5)78-88-81(84)74-72-70-68-66-64-62-60-58-56-54-52-50-48-33-31-29-27-25-23-21-19-17-15-13-11-9-7-2/h8,10,14,16,19-22,25-28,32,34,36-37,39-40,42-43,45-46,49,51,80H,6-7,9,11-13,15,17-18,23-24,29-31,33,35,38,41,44,47-48,50,52-79H2,1-5H3/b10-8-,16-14-,21-19-,22-20-,27-25-,28-26-,34-32-,37-36-,40-39-,43-42-,46-45-,51-49-. The molecule has 92 heavy (non-hydrogen) atoms. The van der Waals surface area contributed by atoms with Crippen LogP contribution in [0.15, 0.2) is 146 Å². The molecule has 0 saturated heterocycles. The summed E-state index contributed by atoms with van der Waals surface area (Å²) in [5.41, 5.74) is 0. The number of phosphoric acid groups is 1. The van der Waals surface area contributed by atoms with Crippen molar-refractivity contribution in [2.45, 2.75) is 315 Å². The molecule has 2 unspecified atom stereocenters. The zero-order valence-electron chi connectivity index (χ0n) is 59.9. The Morgan fingerprint density at radius 3 is 0.924 bits per heavy atom. The second-order valence-corrected chi connectivity index (χ2v) is 27.3. The van der Waals surface area contributed by atoms with Gasteiger partial charge >= 0.3 is 11.9 Å². The first-order chi connectivity index (χ1) is 45.0. The molecular formula is C82H140NO8P. The van der Waals surface area contributed by atoms with Crippen molar-refractivity contribution in [3.05, 3.63) is 146 Å². The number of carbonyl (C=O) groups excluding carboxylic acids is 2. The van der Waals surface area contributed by atoms with Crippen molar-refractivity contribution in [2.75, 3.05) is 47.5 Å². The molecule has 0 fully saturated rings. The molecule has 0 aliphatic carbocycles. The van der Waals surface area contributed by atoms with Crippen molar-refractivity contribution in [3.8, 4) is 0 Å². The Balaban J connectivity index is 4.07. The quantitative estimate of drug-likeness (QED) is 0.0195. The molecule has 0 aromatic rings. The van der Waals surface area contributed by atoms with Crippen LogP contribution in [0.4, 0.5) is 0 Å². The zero-order chi connectivity index (χ0) is 66.9. The minimum absolute atomic E-state index is 0.0370. The average molecular weight is 1300 g/mol. The fraction of sp³-hybridized carbons (Fsp3) is 0.683. The fourth-order valence-corrected chi connectivity index (χ4v) is 10.9. The molecule has 0 heterocycles. The zero-order valence-corrected chi connectivity index (χ0v) is 60.8. The van der Waals surface area contributed by atoms with Crippen LogP contribution in [0, 0.1) is 0 Å². The van der Waals surface area contributed by atoms with Gasteiger partial charge in [0.15, 0.2) is 6.10 Å². The maximum absolute atomic E-state index is 12.9. The Hall–Kier alpha value is -4.11. The summed E-state index contributed by atoms with van der Waals surface area (Å²) < 4.78 is 34.4. The van der Waals surface area contributed by atoms with Gasteiger partial charge in [0.2, 0.25) is 0 Å². The predicted molar refractivity (Wildman–Crippen MR) is 397 cm³/mol. The second-order valence-electron chi connectivity index (χ2n) is 25.9. The third-order valence-corrected chi connectivity index (χ3v) is 16.8. The minimum Gasteiger partial charge on any atom is -0.756 e. The number of carbonyl (C=O) groups is 2. The van der Waals surface area contributed by atoms with E-state index in [1.165, 1.54) is 161 Å². The van der Waals surface area contributed by atoms with E-state index in [9.17, 15) is 19.0 Å². The molecule has 0 aromatic heterocycles. The Bertz CT molecular complexity index is 2070. The molecule has 0 aromatic carbocycles. The molecule has 0 aliphatic heterocycles. The third kappa shape index (κ3) is 74.9. The Morgan fingerprint density at radius 1 is 0.348 bits per heavy atom. The van der Waals surface area contributed by atoms with E-state index in [4.69, 9.17) is 18.5 Å². The van der Waals surface area contributed by atoms with Gasteiger partial charge in [-0.15, -0.1) is 0 Å². The first kappa shape index (κ1) is 87.9. The van der Waals surface area contributed by atoms with Crippen LogP contribution in [-0.2, 0) is 32.7 Å². The summed E-state index contributed by atoms with van der Waals surface area (Å²) in [5.74, 6) is -0.837. The number of unbranched alkanes of at least 4 members (excludes halogenated alkanes) is 30. The Morgan fingerprint density at radius 2 is 0.620 bits per heavy atom. The molecule has 9 nitrogen and oxygen atoms in total. The number of quaternary nitrogens is 1. The highest BCUT2D eigenvalue weighted by Gasteiger charge is 2.22. The maximum atomic E-state index is 12.9. The van der Waals surface area contributed by atoms with E-state index < -0.39 is 26.5 Å². The van der Waals surface area contributed by atoms with Crippen molar-refractivity contribution in [1.82, 2.24) is 0 Å². The van der Waals surface area contributed by atoms with Crippen LogP contribution in [0.2, 0.25) is 0 Å². The SMILES string of the molecule is CC/C=C\C/C=C\C/C=C\C/C=C\C/C=C\C/C=C\C/C=C\C/C=C\C/C=C\C/C=C\CCCCCCCCCCCCC(=O)OC(COC(=O)CCCCCCCCCCCCCCCCC/C=C\C/C=C\CCCCCCC)COP(=O)([O-])OCC[N+](C)(C)C. The van der Waals surface area contributed by atoms with Gasteiger partial charge < -0.3 is 27.9 Å². The lowest BCUT2D eigenvalue weighted by atomic mass is 10.0. The molecule has 0 amide bonds. The van der Waals surface area contributed by atoms with E-state index in [0.717, 1.165) is 116 Å². The van der Waals surface area contributed by atoms with Gasteiger partial charge in [-0.3, -0.25) is 14.2 Å². The number of hydrogen-bond donors (Lipinski definition) is 0. The molecular weight excluding hydrogens is 1160 g/mol. The van der Waals surface area contributed by atoms with Gasteiger partial charge in [-0.2, -0.15) is 0 Å². The summed E-state index contributed by atoms with van der Waals surface area (Å²) in [7, 11) is 1.16. The normalized spacial score (nSPS) is 13.9. The van der Waals surface area contributed by atoms with Crippen LogP contribution >= 0.6 is 7.82 Å². The van der Waals surface area contributed by atoms with Gasteiger partial charge in [0.05, 0.1) is 27.7 Å². The van der Waals surface area contributed by atoms with Crippen molar-refractivity contribution in [1.29, 1.82) is 0 Å². The predicted octanol–water partition coefficient (Wildman–Crippen LogP) is 24.3. The number of rotatable bonds is 68. The van der Waals surface area contributed by atoms with Crippen molar-refractivity contribution >= 4 is 19.8 Å². The molecule has 0 aliphatic rings. The van der Waals surface area contributed by atoms with Crippen LogP contribution in [0.25, 0.3) is 0 Å². The lowest BCUT2D eigenvalue weighted by Crippen LogP contribution is -2.37. The maximum Gasteiger partial charge on any atom is 0.306 e. The largest absolute Gasteiger partial charge is 0.756 e. The van der Waals surface area contributed by atoms with Crippen LogP contribution in [-0.4, -0.2) is 70.0 Å². The molecule has 526 valence electrons. The van der Waals surface area contributed by atoms with E-state index in [-0.39, 0.29) is 32.0 Å². The van der Waals surface area contributed by atoms with Crippen molar-refractivity contribution in [3.63, 3.8) is 0 Å². The number of esters is 2. The first-order valence-electron chi connectivity index (χ1n) is 37.5. The molecule has 10 heteroatoms. The summed E-state index contributed by atoms with van der Waals surface area (Å²) >= 11 is 0. The summed E-state index contributed by atoms with van der Waals surface area (Å²) in [4.78, 5) is 38.1. The number of phosphoric ester groups is 1. The van der Waals surface area contributed by atoms with Gasteiger partial charge in [-0.25, -0.2) is 0 Å². The van der Waals surface area contributed by atoms with Crippen LogP contribution in [0.5, 0.6) is 0 Å². The highest BCUT2D eigenvalue weighted by atomic mass is 31.2. The molecule has 0 bridgehead atoms. The van der Waals surface area contributed by atoms with Gasteiger partial charge in [-0.1, -0.05) is 320 Å². The molecule has 0 spiro atoms. The molecule has 2 atom stereocenters. The molecule has 0 saturated carbocycles.